The molecule has 2 heteroatoms. The highest BCUT2D eigenvalue weighted by Crippen LogP contribution is 2.09. The molecule has 1 saturated heterocycles. The van der Waals surface area contributed by atoms with Gasteiger partial charge < -0.3 is 4.74 Å². The van der Waals surface area contributed by atoms with Gasteiger partial charge in [0, 0.05) is 18.7 Å². The second-order valence-electron chi connectivity index (χ2n) is 4.62. The van der Waals surface area contributed by atoms with E-state index in [1.165, 1.54) is 0 Å². The summed E-state index contributed by atoms with van der Waals surface area (Å²) >= 11 is 0. The maximum absolute atomic E-state index is 5.69. The van der Waals surface area contributed by atoms with Crippen LogP contribution in [0.1, 0.15) is 19.4 Å². The number of benzene rings is 1. The summed E-state index contributed by atoms with van der Waals surface area (Å²) < 4.78 is 5.69. The fourth-order valence-corrected chi connectivity index (χ4v) is 2.19. The van der Waals surface area contributed by atoms with Crippen molar-refractivity contribution in [3.8, 4) is 11.8 Å². The van der Waals surface area contributed by atoms with Crippen molar-refractivity contribution in [3.63, 3.8) is 0 Å². The maximum atomic E-state index is 5.69. The number of nitrogens with zero attached hydrogens (tertiary/aromatic N) is 1. The first-order valence-corrected chi connectivity index (χ1v) is 6.16. The fourth-order valence-electron chi connectivity index (χ4n) is 2.19. The summed E-state index contributed by atoms with van der Waals surface area (Å²) in [5.41, 5.74) is 1.09. The molecule has 17 heavy (non-hydrogen) atoms. The molecule has 1 aliphatic heterocycles. The van der Waals surface area contributed by atoms with E-state index in [1.807, 2.05) is 30.3 Å². The summed E-state index contributed by atoms with van der Waals surface area (Å²) in [4.78, 5) is 2.36. The molecule has 2 atom stereocenters. The molecule has 0 radical (unpaired) electrons. The van der Waals surface area contributed by atoms with Gasteiger partial charge >= 0.3 is 0 Å². The molecule has 90 valence electrons. The molecule has 1 aromatic carbocycles. The highest BCUT2D eigenvalue weighted by molar-refractivity contribution is 5.33. The Hall–Kier alpha value is -1.30. The van der Waals surface area contributed by atoms with Crippen molar-refractivity contribution >= 4 is 0 Å². The Morgan fingerprint density at radius 3 is 2.47 bits per heavy atom. The molecule has 0 amide bonds. The van der Waals surface area contributed by atoms with Crippen LogP contribution in [0.2, 0.25) is 0 Å². The monoisotopic (exact) mass is 229 g/mol. The second kappa shape index (κ2) is 5.86. The summed E-state index contributed by atoms with van der Waals surface area (Å²) in [5, 5.41) is 0. The van der Waals surface area contributed by atoms with Gasteiger partial charge in [-0.15, -0.1) is 0 Å². The van der Waals surface area contributed by atoms with Crippen LogP contribution in [0.3, 0.4) is 0 Å². The van der Waals surface area contributed by atoms with Gasteiger partial charge in [-0.3, -0.25) is 4.90 Å². The summed E-state index contributed by atoms with van der Waals surface area (Å²) in [6.45, 7) is 7.02. The van der Waals surface area contributed by atoms with Gasteiger partial charge in [0.1, 0.15) is 0 Å². The van der Waals surface area contributed by atoms with Crippen LogP contribution in [0.4, 0.5) is 0 Å². The maximum Gasteiger partial charge on any atom is 0.0678 e. The van der Waals surface area contributed by atoms with Gasteiger partial charge in [0.25, 0.3) is 0 Å². The summed E-state index contributed by atoms with van der Waals surface area (Å²) in [6.07, 6.45) is 0.634. The average Bonchev–Trinajstić information content (AvgIpc) is 2.29. The Morgan fingerprint density at radius 1 is 1.18 bits per heavy atom. The molecule has 1 heterocycles. The third-order valence-electron chi connectivity index (χ3n) is 2.80. The SMILES string of the molecule is C[C@@H]1CN(CC#Cc2ccccc2)C[C@@H](C)O1. The van der Waals surface area contributed by atoms with Crippen molar-refractivity contribution in [2.24, 2.45) is 0 Å². The van der Waals surface area contributed by atoms with Crippen LogP contribution >= 0.6 is 0 Å². The highest BCUT2D eigenvalue weighted by Gasteiger charge is 2.20. The minimum atomic E-state index is 0.317. The molecule has 0 unspecified atom stereocenters. The normalized spacial score (nSPS) is 25.1. The van der Waals surface area contributed by atoms with Gasteiger partial charge in [0.05, 0.1) is 18.8 Å². The zero-order valence-electron chi connectivity index (χ0n) is 10.5. The van der Waals surface area contributed by atoms with E-state index < -0.39 is 0 Å². The van der Waals surface area contributed by atoms with Crippen molar-refractivity contribution in [2.75, 3.05) is 19.6 Å². The first-order valence-electron chi connectivity index (χ1n) is 6.16. The van der Waals surface area contributed by atoms with E-state index in [9.17, 15) is 0 Å². The number of rotatable bonds is 1. The number of morpholine rings is 1. The van der Waals surface area contributed by atoms with Crippen LogP contribution in [-0.2, 0) is 4.74 Å². The third kappa shape index (κ3) is 3.89. The smallest absolute Gasteiger partial charge is 0.0678 e. The van der Waals surface area contributed by atoms with Crippen LogP contribution in [0.5, 0.6) is 0 Å². The van der Waals surface area contributed by atoms with Crippen LogP contribution in [0.15, 0.2) is 30.3 Å². The van der Waals surface area contributed by atoms with E-state index >= 15 is 0 Å². The fraction of sp³-hybridized carbons (Fsp3) is 0.467. The minimum absolute atomic E-state index is 0.317. The van der Waals surface area contributed by atoms with Gasteiger partial charge in [-0.25, -0.2) is 0 Å². The topological polar surface area (TPSA) is 12.5 Å². The highest BCUT2D eigenvalue weighted by atomic mass is 16.5. The van der Waals surface area contributed by atoms with E-state index in [2.05, 4.69) is 30.6 Å². The Kier molecular flexibility index (Phi) is 4.19. The molecular formula is C15H19NO. The van der Waals surface area contributed by atoms with Crippen LogP contribution in [0, 0.1) is 11.8 Å². The molecule has 2 rings (SSSR count). The zero-order chi connectivity index (χ0) is 12.1. The average molecular weight is 229 g/mol. The first-order chi connectivity index (χ1) is 8.24. The summed E-state index contributed by atoms with van der Waals surface area (Å²) in [6, 6.07) is 10.1. The molecule has 0 spiro atoms. The Balaban J connectivity index is 1.88. The molecule has 0 N–H and O–H groups in total. The van der Waals surface area contributed by atoms with E-state index in [0.717, 1.165) is 25.2 Å². The quantitative estimate of drug-likeness (QED) is 0.684. The van der Waals surface area contributed by atoms with Crippen molar-refractivity contribution in [2.45, 2.75) is 26.1 Å². The van der Waals surface area contributed by atoms with Crippen LogP contribution < -0.4 is 0 Å². The van der Waals surface area contributed by atoms with Crippen molar-refractivity contribution in [1.29, 1.82) is 0 Å². The lowest BCUT2D eigenvalue weighted by atomic mass is 10.2. The van der Waals surface area contributed by atoms with Gasteiger partial charge in [0.15, 0.2) is 0 Å². The molecular weight excluding hydrogens is 210 g/mol. The molecule has 0 aromatic heterocycles. The lowest BCUT2D eigenvalue weighted by Crippen LogP contribution is -2.45. The van der Waals surface area contributed by atoms with E-state index in [4.69, 9.17) is 4.74 Å². The Labute approximate surface area is 104 Å². The molecule has 0 bridgehead atoms. The lowest BCUT2D eigenvalue weighted by molar-refractivity contribution is -0.0640. The largest absolute Gasteiger partial charge is 0.373 e. The van der Waals surface area contributed by atoms with E-state index in [0.29, 0.717) is 12.2 Å². The third-order valence-corrected chi connectivity index (χ3v) is 2.80. The van der Waals surface area contributed by atoms with Crippen LogP contribution in [0.25, 0.3) is 0 Å². The molecule has 1 fully saturated rings. The van der Waals surface area contributed by atoms with Crippen molar-refractivity contribution < 1.29 is 4.74 Å². The second-order valence-corrected chi connectivity index (χ2v) is 4.62. The number of hydrogen-bond acceptors (Lipinski definition) is 2. The predicted molar refractivity (Wildman–Crippen MR) is 69.8 cm³/mol. The standard InChI is InChI=1S/C15H19NO/c1-13-11-16(12-14(2)17-13)10-6-9-15-7-4-3-5-8-15/h3-5,7-8,13-14H,10-12H2,1-2H3/t13-,14-/m1/s1. The minimum Gasteiger partial charge on any atom is -0.373 e. The molecule has 0 saturated carbocycles. The Morgan fingerprint density at radius 2 is 1.82 bits per heavy atom. The first kappa shape index (κ1) is 12.2. The number of ether oxygens (including phenoxy) is 1. The number of hydrogen-bond donors (Lipinski definition) is 0. The predicted octanol–water partition coefficient (Wildman–Crippen LogP) is 2.15. The van der Waals surface area contributed by atoms with Crippen molar-refractivity contribution in [1.82, 2.24) is 4.90 Å². The molecule has 1 aliphatic rings. The van der Waals surface area contributed by atoms with Gasteiger partial charge in [-0.05, 0) is 26.0 Å². The van der Waals surface area contributed by atoms with Gasteiger partial charge in [0.2, 0.25) is 0 Å². The van der Waals surface area contributed by atoms with Crippen molar-refractivity contribution in [3.05, 3.63) is 35.9 Å². The Bertz CT molecular complexity index is 394. The van der Waals surface area contributed by atoms with Gasteiger partial charge in [-0.2, -0.15) is 0 Å². The van der Waals surface area contributed by atoms with Crippen LogP contribution in [-0.4, -0.2) is 36.7 Å². The summed E-state index contributed by atoms with van der Waals surface area (Å²) in [7, 11) is 0. The lowest BCUT2D eigenvalue weighted by Gasteiger charge is -2.34. The molecule has 2 nitrogen and oxygen atoms in total. The zero-order valence-corrected chi connectivity index (χ0v) is 10.5. The molecule has 1 aromatic rings. The molecule has 0 aliphatic carbocycles. The van der Waals surface area contributed by atoms with Gasteiger partial charge in [-0.1, -0.05) is 30.0 Å². The van der Waals surface area contributed by atoms with E-state index in [-0.39, 0.29) is 0 Å². The summed E-state index contributed by atoms with van der Waals surface area (Å²) in [5.74, 6) is 6.42. The van der Waals surface area contributed by atoms with E-state index in [1.54, 1.807) is 0 Å².